The third-order valence-electron chi connectivity index (χ3n) is 3.93. The summed E-state index contributed by atoms with van der Waals surface area (Å²) in [6.45, 7) is 1.16. The minimum absolute atomic E-state index is 0.0107. The van der Waals surface area contributed by atoms with Crippen LogP contribution in [0.5, 0.6) is 0 Å². The zero-order chi connectivity index (χ0) is 18.2. The maximum Gasteiger partial charge on any atom is 0.224 e. The van der Waals surface area contributed by atoms with Crippen LogP contribution < -0.4 is 11.1 Å². The standard InChI is InChI=1S/C19H22N6O/c20-13-4-7-18(26)21-17-10-8-15(9-11-17)12-14-25-23-19(22-24-25)16-5-2-1-3-6-16/h1-3,5-6,8-11H,4,7,12-14,20H2,(H,21,26). The maximum atomic E-state index is 11.7. The summed E-state index contributed by atoms with van der Waals surface area (Å²) in [5, 5.41) is 15.5. The van der Waals surface area contributed by atoms with E-state index in [4.69, 9.17) is 5.73 Å². The summed E-state index contributed by atoms with van der Waals surface area (Å²) in [4.78, 5) is 13.3. The van der Waals surface area contributed by atoms with Gasteiger partial charge in [0.2, 0.25) is 11.7 Å². The van der Waals surface area contributed by atoms with Crippen molar-refractivity contribution < 1.29 is 4.79 Å². The second-order valence-electron chi connectivity index (χ2n) is 5.96. The number of aryl methyl sites for hydroxylation is 2. The lowest BCUT2D eigenvalue weighted by atomic mass is 10.1. The zero-order valence-electron chi connectivity index (χ0n) is 14.5. The summed E-state index contributed by atoms with van der Waals surface area (Å²) in [5.41, 5.74) is 8.30. The molecule has 0 unspecified atom stereocenters. The number of carbonyl (C=O) groups excluding carboxylic acids is 1. The molecule has 1 amide bonds. The third-order valence-corrected chi connectivity index (χ3v) is 3.93. The van der Waals surface area contributed by atoms with Gasteiger partial charge >= 0.3 is 0 Å². The second kappa shape index (κ2) is 8.87. The number of amides is 1. The Bertz CT molecular complexity index is 829. The summed E-state index contributed by atoms with van der Waals surface area (Å²) < 4.78 is 0. The number of benzene rings is 2. The molecule has 3 rings (SSSR count). The number of nitrogens with one attached hydrogen (secondary N) is 1. The van der Waals surface area contributed by atoms with Crippen LogP contribution in [-0.2, 0) is 17.8 Å². The van der Waals surface area contributed by atoms with Gasteiger partial charge in [-0.15, -0.1) is 10.2 Å². The summed E-state index contributed by atoms with van der Waals surface area (Å²) in [6.07, 6.45) is 1.92. The minimum atomic E-state index is -0.0107. The highest BCUT2D eigenvalue weighted by Gasteiger charge is 2.06. The first-order chi connectivity index (χ1) is 12.7. The highest BCUT2D eigenvalue weighted by molar-refractivity contribution is 5.90. The fourth-order valence-corrected chi connectivity index (χ4v) is 2.51. The van der Waals surface area contributed by atoms with Gasteiger partial charge in [0, 0.05) is 17.7 Å². The van der Waals surface area contributed by atoms with Crippen LogP contribution in [0.1, 0.15) is 18.4 Å². The molecule has 0 aliphatic heterocycles. The van der Waals surface area contributed by atoms with Crippen molar-refractivity contribution in [1.82, 2.24) is 20.2 Å². The van der Waals surface area contributed by atoms with Crippen molar-refractivity contribution in [3.8, 4) is 11.4 Å². The van der Waals surface area contributed by atoms with E-state index in [9.17, 15) is 4.79 Å². The summed E-state index contributed by atoms with van der Waals surface area (Å²) >= 11 is 0. The Morgan fingerprint density at radius 2 is 1.85 bits per heavy atom. The van der Waals surface area contributed by atoms with Crippen molar-refractivity contribution in [2.75, 3.05) is 11.9 Å². The Kier molecular flexibility index (Phi) is 6.05. The highest BCUT2D eigenvalue weighted by atomic mass is 16.1. The molecular weight excluding hydrogens is 328 g/mol. The lowest BCUT2D eigenvalue weighted by Gasteiger charge is -2.06. The fraction of sp³-hybridized carbons (Fsp3) is 0.263. The van der Waals surface area contributed by atoms with Gasteiger partial charge in [0.1, 0.15) is 0 Å². The Labute approximate surface area is 152 Å². The van der Waals surface area contributed by atoms with E-state index >= 15 is 0 Å². The van der Waals surface area contributed by atoms with Crippen LogP contribution in [0.3, 0.4) is 0 Å². The molecule has 0 radical (unpaired) electrons. The molecule has 0 aliphatic carbocycles. The molecule has 7 heteroatoms. The van der Waals surface area contributed by atoms with E-state index < -0.39 is 0 Å². The van der Waals surface area contributed by atoms with Crippen LogP contribution in [-0.4, -0.2) is 32.7 Å². The van der Waals surface area contributed by atoms with E-state index in [1.54, 1.807) is 4.80 Å². The molecule has 0 atom stereocenters. The molecule has 0 spiro atoms. The normalized spacial score (nSPS) is 10.7. The molecule has 7 nitrogen and oxygen atoms in total. The zero-order valence-corrected chi connectivity index (χ0v) is 14.5. The van der Waals surface area contributed by atoms with Crippen LogP contribution in [0, 0.1) is 0 Å². The van der Waals surface area contributed by atoms with Gasteiger partial charge in [0.15, 0.2) is 0 Å². The van der Waals surface area contributed by atoms with Crippen LogP contribution in [0.2, 0.25) is 0 Å². The Balaban J connectivity index is 1.52. The maximum absolute atomic E-state index is 11.7. The van der Waals surface area contributed by atoms with Crippen molar-refractivity contribution in [1.29, 1.82) is 0 Å². The van der Waals surface area contributed by atoms with E-state index in [-0.39, 0.29) is 5.91 Å². The average Bonchev–Trinajstić information content (AvgIpc) is 3.16. The number of hydrogen-bond donors (Lipinski definition) is 2. The van der Waals surface area contributed by atoms with Gasteiger partial charge in [-0.1, -0.05) is 42.5 Å². The van der Waals surface area contributed by atoms with Crippen molar-refractivity contribution in [2.24, 2.45) is 5.73 Å². The number of anilines is 1. The van der Waals surface area contributed by atoms with E-state index in [1.807, 2.05) is 54.6 Å². The van der Waals surface area contributed by atoms with Gasteiger partial charge in [-0.3, -0.25) is 4.79 Å². The van der Waals surface area contributed by atoms with E-state index in [1.165, 1.54) is 0 Å². The smallest absolute Gasteiger partial charge is 0.224 e. The molecule has 134 valence electrons. The van der Waals surface area contributed by atoms with Crippen molar-refractivity contribution in [3.05, 3.63) is 60.2 Å². The number of nitrogens with zero attached hydrogens (tertiary/aromatic N) is 4. The molecule has 0 bridgehead atoms. The number of rotatable bonds is 8. The molecule has 1 heterocycles. The fourth-order valence-electron chi connectivity index (χ4n) is 2.51. The summed E-state index contributed by atoms with van der Waals surface area (Å²) in [7, 11) is 0. The minimum Gasteiger partial charge on any atom is -0.330 e. The van der Waals surface area contributed by atoms with Crippen molar-refractivity contribution in [3.63, 3.8) is 0 Å². The molecular formula is C19H22N6O. The highest BCUT2D eigenvalue weighted by Crippen LogP contribution is 2.13. The molecule has 0 saturated heterocycles. The predicted octanol–water partition coefficient (Wildman–Crippen LogP) is 2.26. The van der Waals surface area contributed by atoms with Gasteiger partial charge in [-0.25, -0.2) is 0 Å². The quantitative estimate of drug-likeness (QED) is 0.649. The van der Waals surface area contributed by atoms with Gasteiger partial charge < -0.3 is 11.1 Å². The molecule has 2 aromatic carbocycles. The van der Waals surface area contributed by atoms with E-state index in [0.717, 1.165) is 23.2 Å². The monoisotopic (exact) mass is 350 g/mol. The van der Waals surface area contributed by atoms with Gasteiger partial charge in [0.05, 0.1) is 6.54 Å². The Morgan fingerprint density at radius 1 is 1.08 bits per heavy atom. The predicted molar refractivity (Wildman–Crippen MR) is 100 cm³/mol. The van der Waals surface area contributed by atoms with Crippen LogP contribution in [0.4, 0.5) is 5.69 Å². The SMILES string of the molecule is NCCCC(=O)Nc1ccc(CCn2nnc(-c3ccccc3)n2)cc1. The average molecular weight is 350 g/mol. The number of hydrogen-bond acceptors (Lipinski definition) is 5. The third kappa shape index (κ3) is 4.97. The van der Waals surface area contributed by atoms with Gasteiger partial charge in [0.25, 0.3) is 0 Å². The number of nitrogens with two attached hydrogens (primary N) is 1. The van der Waals surface area contributed by atoms with Crippen LogP contribution >= 0.6 is 0 Å². The number of aromatic nitrogens is 4. The number of carbonyl (C=O) groups is 1. The molecule has 26 heavy (non-hydrogen) atoms. The molecule has 0 aliphatic rings. The van der Waals surface area contributed by atoms with Crippen molar-refractivity contribution >= 4 is 11.6 Å². The molecule has 3 N–H and O–H groups in total. The van der Waals surface area contributed by atoms with E-state index in [0.29, 0.717) is 31.8 Å². The first kappa shape index (κ1) is 17.8. The lowest BCUT2D eigenvalue weighted by Crippen LogP contribution is -2.13. The summed E-state index contributed by atoms with van der Waals surface area (Å²) in [5.74, 6) is 0.615. The molecule has 0 saturated carbocycles. The first-order valence-electron chi connectivity index (χ1n) is 8.66. The molecule has 0 fully saturated rings. The van der Waals surface area contributed by atoms with Gasteiger partial charge in [-0.05, 0) is 42.3 Å². The first-order valence-corrected chi connectivity index (χ1v) is 8.66. The Morgan fingerprint density at radius 3 is 2.58 bits per heavy atom. The Hall–Kier alpha value is -3.06. The van der Waals surface area contributed by atoms with Crippen molar-refractivity contribution in [2.45, 2.75) is 25.8 Å². The van der Waals surface area contributed by atoms with Crippen LogP contribution in [0.25, 0.3) is 11.4 Å². The molecule has 3 aromatic rings. The molecule has 1 aromatic heterocycles. The van der Waals surface area contributed by atoms with Crippen LogP contribution in [0.15, 0.2) is 54.6 Å². The second-order valence-corrected chi connectivity index (χ2v) is 5.96. The largest absolute Gasteiger partial charge is 0.330 e. The van der Waals surface area contributed by atoms with Gasteiger partial charge in [-0.2, -0.15) is 4.80 Å². The lowest BCUT2D eigenvalue weighted by molar-refractivity contribution is -0.116. The number of tetrazole rings is 1. The van der Waals surface area contributed by atoms with E-state index in [2.05, 4.69) is 20.7 Å². The summed E-state index contributed by atoms with van der Waals surface area (Å²) in [6, 6.07) is 17.6. The topological polar surface area (TPSA) is 98.7 Å².